The lowest BCUT2D eigenvalue weighted by atomic mass is 10.2. The molecule has 1 fully saturated rings. The van der Waals surface area contributed by atoms with Gasteiger partial charge in [-0.15, -0.1) is 12.4 Å². The minimum absolute atomic E-state index is 0. The molecule has 17 heavy (non-hydrogen) atoms. The highest BCUT2D eigenvalue weighted by atomic mass is 35.5. The number of nitrogens with zero attached hydrogens (tertiary/aromatic N) is 3. The molecule has 98 valence electrons. The number of nitrogens with one attached hydrogen (secondary N) is 1. The fourth-order valence-corrected chi connectivity index (χ4v) is 1.87. The monoisotopic (exact) mass is 260 g/mol. The topological polar surface area (TPSA) is 54.2 Å². The first kappa shape index (κ1) is 14.4. The Labute approximate surface area is 108 Å². The number of rotatable bonds is 3. The zero-order valence-corrected chi connectivity index (χ0v) is 11.5. The van der Waals surface area contributed by atoms with E-state index in [1.807, 2.05) is 0 Å². The van der Waals surface area contributed by atoms with Gasteiger partial charge in [-0.05, 0) is 6.92 Å². The number of aromatic nitrogens is 2. The second-order valence-electron chi connectivity index (χ2n) is 4.73. The van der Waals surface area contributed by atoms with Crippen LogP contribution in [0.4, 0.5) is 0 Å². The summed E-state index contributed by atoms with van der Waals surface area (Å²) in [6, 6.07) is 0.537. The minimum Gasteiger partial charge on any atom is -0.339 e. The lowest BCUT2D eigenvalue weighted by Gasteiger charge is -2.32. The third kappa shape index (κ3) is 3.66. The Morgan fingerprint density at radius 1 is 1.53 bits per heavy atom. The average molecular weight is 261 g/mol. The van der Waals surface area contributed by atoms with Gasteiger partial charge in [0.25, 0.3) is 0 Å². The normalized spacial score (nSPS) is 21.5. The van der Waals surface area contributed by atoms with E-state index >= 15 is 0 Å². The summed E-state index contributed by atoms with van der Waals surface area (Å²) < 4.78 is 5.20. The summed E-state index contributed by atoms with van der Waals surface area (Å²) >= 11 is 0. The van der Waals surface area contributed by atoms with Gasteiger partial charge in [-0.3, -0.25) is 4.90 Å². The Hall–Kier alpha value is -0.650. The molecule has 0 amide bonds. The lowest BCUT2D eigenvalue weighted by molar-refractivity contribution is 0.160. The van der Waals surface area contributed by atoms with Crippen LogP contribution in [-0.4, -0.2) is 40.7 Å². The molecular formula is C11H21ClN4O. The molecule has 1 saturated heterocycles. The van der Waals surface area contributed by atoms with Crippen LogP contribution in [0.3, 0.4) is 0 Å². The summed E-state index contributed by atoms with van der Waals surface area (Å²) in [5.74, 6) is 1.84. The van der Waals surface area contributed by atoms with Crippen molar-refractivity contribution in [3.05, 3.63) is 11.7 Å². The van der Waals surface area contributed by atoms with Crippen LogP contribution in [0.1, 0.15) is 38.4 Å². The van der Waals surface area contributed by atoms with E-state index in [1.165, 1.54) is 0 Å². The van der Waals surface area contributed by atoms with Crippen molar-refractivity contribution >= 4 is 12.4 Å². The summed E-state index contributed by atoms with van der Waals surface area (Å²) in [6.45, 7) is 10.3. The maximum atomic E-state index is 5.20. The van der Waals surface area contributed by atoms with Crippen molar-refractivity contribution in [1.82, 2.24) is 20.4 Å². The molecule has 2 heterocycles. The first-order valence-corrected chi connectivity index (χ1v) is 5.94. The predicted octanol–water partition coefficient (Wildman–Crippen LogP) is 1.41. The van der Waals surface area contributed by atoms with E-state index in [-0.39, 0.29) is 12.4 Å². The molecule has 0 aromatic carbocycles. The Kier molecular flexibility index (Phi) is 5.36. The minimum atomic E-state index is 0. The van der Waals surface area contributed by atoms with Crippen molar-refractivity contribution in [2.24, 2.45) is 0 Å². The van der Waals surface area contributed by atoms with Crippen molar-refractivity contribution in [3.8, 4) is 0 Å². The summed E-state index contributed by atoms with van der Waals surface area (Å²) in [5.41, 5.74) is 0. The van der Waals surface area contributed by atoms with Crippen molar-refractivity contribution in [1.29, 1.82) is 0 Å². The van der Waals surface area contributed by atoms with Crippen LogP contribution in [0.15, 0.2) is 4.52 Å². The molecule has 1 aliphatic heterocycles. The molecule has 1 aromatic heterocycles. The number of hydrogen-bond donors (Lipinski definition) is 1. The van der Waals surface area contributed by atoms with E-state index in [9.17, 15) is 0 Å². The van der Waals surface area contributed by atoms with Crippen molar-refractivity contribution in [2.45, 2.75) is 39.3 Å². The second kappa shape index (κ2) is 6.33. The van der Waals surface area contributed by atoms with Crippen LogP contribution in [-0.2, 0) is 6.54 Å². The Bertz CT molecular complexity index is 342. The lowest BCUT2D eigenvalue weighted by Crippen LogP contribution is -2.49. The Morgan fingerprint density at radius 3 is 2.88 bits per heavy atom. The summed E-state index contributed by atoms with van der Waals surface area (Å²) in [4.78, 5) is 6.78. The van der Waals surface area contributed by atoms with Gasteiger partial charge >= 0.3 is 0 Å². The molecule has 5 nitrogen and oxygen atoms in total. The van der Waals surface area contributed by atoms with Crippen LogP contribution >= 0.6 is 12.4 Å². The van der Waals surface area contributed by atoms with Crippen LogP contribution in [0, 0.1) is 0 Å². The van der Waals surface area contributed by atoms with Gasteiger partial charge in [0, 0.05) is 31.6 Å². The highest BCUT2D eigenvalue weighted by molar-refractivity contribution is 5.85. The summed E-state index contributed by atoms with van der Waals surface area (Å²) in [7, 11) is 0. The van der Waals surface area contributed by atoms with Crippen LogP contribution in [0.25, 0.3) is 0 Å². The largest absolute Gasteiger partial charge is 0.339 e. The maximum Gasteiger partial charge on any atom is 0.229 e. The molecule has 0 radical (unpaired) electrons. The molecule has 0 aliphatic carbocycles. The second-order valence-corrected chi connectivity index (χ2v) is 4.73. The van der Waals surface area contributed by atoms with E-state index < -0.39 is 0 Å². The maximum absolute atomic E-state index is 5.20. The van der Waals surface area contributed by atoms with Gasteiger partial charge in [-0.25, -0.2) is 0 Å². The standard InChI is InChI=1S/C11H20N4O.ClH/c1-8(2)11-13-10(14-16-11)7-15-5-4-12-6-9(15)3;/h8-9,12H,4-7H2,1-3H3;1H. The zero-order valence-electron chi connectivity index (χ0n) is 10.6. The van der Waals surface area contributed by atoms with Crippen LogP contribution < -0.4 is 5.32 Å². The van der Waals surface area contributed by atoms with Crippen LogP contribution in [0.2, 0.25) is 0 Å². The number of halogens is 1. The van der Waals surface area contributed by atoms with Crippen molar-refractivity contribution in [2.75, 3.05) is 19.6 Å². The van der Waals surface area contributed by atoms with Gasteiger partial charge in [0.05, 0.1) is 6.54 Å². The van der Waals surface area contributed by atoms with Crippen molar-refractivity contribution in [3.63, 3.8) is 0 Å². The Morgan fingerprint density at radius 2 is 2.29 bits per heavy atom. The van der Waals surface area contributed by atoms with Gasteiger partial charge in [0.2, 0.25) is 5.89 Å². The van der Waals surface area contributed by atoms with E-state index in [0.29, 0.717) is 12.0 Å². The van der Waals surface area contributed by atoms with Gasteiger partial charge in [0.15, 0.2) is 5.82 Å². The van der Waals surface area contributed by atoms with Gasteiger partial charge in [-0.1, -0.05) is 19.0 Å². The highest BCUT2D eigenvalue weighted by Gasteiger charge is 2.20. The third-order valence-electron chi connectivity index (χ3n) is 2.96. The highest BCUT2D eigenvalue weighted by Crippen LogP contribution is 2.13. The van der Waals surface area contributed by atoms with E-state index in [1.54, 1.807) is 0 Å². The van der Waals surface area contributed by atoms with Crippen molar-refractivity contribution < 1.29 is 4.52 Å². The van der Waals surface area contributed by atoms with Gasteiger partial charge in [0.1, 0.15) is 0 Å². The molecular weight excluding hydrogens is 240 g/mol. The Balaban J connectivity index is 0.00000144. The molecule has 1 atom stereocenters. The molecule has 2 rings (SSSR count). The van der Waals surface area contributed by atoms with E-state index in [4.69, 9.17) is 4.52 Å². The quantitative estimate of drug-likeness (QED) is 0.891. The molecule has 1 aliphatic rings. The fraction of sp³-hybridized carbons (Fsp3) is 0.818. The fourth-order valence-electron chi connectivity index (χ4n) is 1.87. The zero-order chi connectivity index (χ0) is 11.5. The molecule has 0 bridgehead atoms. The molecule has 0 saturated carbocycles. The number of hydrogen-bond acceptors (Lipinski definition) is 5. The van der Waals surface area contributed by atoms with E-state index in [0.717, 1.165) is 37.9 Å². The van der Waals surface area contributed by atoms with Gasteiger partial charge in [-0.2, -0.15) is 4.98 Å². The predicted molar refractivity (Wildman–Crippen MR) is 68.4 cm³/mol. The molecule has 1 N–H and O–H groups in total. The summed E-state index contributed by atoms with van der Waals surface area (Å²) in [5, 5.41) is 7.39. The SMILES string of the molecule is CC(C)c1nc(CN2CCNCC2C)no1.Cl. The first-order valence-electron chi connectivity index (χ1n) is 5.94. The smallest absolute Gasteiger partial charge is 0.229 e. The molecule has 1 aromatic rings. The first-order chi connectivity index (χ1) is 7.66. The summed E-state index contributed by atoms with van der Waals surface area (Å²) in [6.07, 6.45) is 0. The van der Waals surface area contributed by atoms with E-state index in [2.05, 4.69) is 41.1 Å². The third-order valence-corrected chi connectivity index (χ3v) is 2.96. The van der Waals surface area contributed by atoms with Crippen LogP contribution in [0.5, 0.6) is 0 Å². The molecule has 1 unspecified atom stereocenters. The average Bonchev–Trinajstić information content (AvgIpc) is 2.70. The molecule has 6 heteroatoms. The van der Waals surface area contributed by atoms with Gasteiger partial charge < -0.3 is 9.84 Å². The molecule has 0 spiro atoms. The number of piperazine rings is 1.